The predicted octanol–water partition coefficient (Wildman–Crippen LogP) is 2.32. The summed E-state index contributed by atoms with van der Waals surface area (Å²) in [5, 5.41) is 0. The van der Waals surface area contributed by atoms with Crippen molar-refractivity contribution in [2.45, 2.75) is 24.8 Å². The number of methoxy groups -OCH3 is 1. The van der Waals surface area contributed by atoms with Crippen LogP contribution in [0.15, 0.2) is 53.7 Å². The first-order valence-corrected chi connectivity index (χ1v) is 10.0. The van der Waals surface area contributed by atoms with Crippen molar-refractivity contribution in [3.63, 3.8) is 0 Å². The highest BCUT2D eigenvalue weighted by Crippen LogP contribution is 2.24. The Morgan fingerprint density at radius 1 is 1.26 bits per heavy atom. The predicted molar refractivity (Wildman–Crippen MR) is 103 cm³/mol. The summed E-state index contributed by atoms with van der Waals surface area (Å²) in [7, 11) is -0.792. The molecule has 1 unspecified atom stereocenters. The van der Waals surface area contributed by atoms with Gasteiger partial charge in [-0.2, -0.15) is 4.31 Å². The lowest BCUT2D eigenvalue weighted by Gasteiger charge is -2.30. The zero-order valence-corrected chi connectivity index (χ0v) is 16.8. The lowest BCUT2D eigenvalue weighted by molar-refractivity contribution is -0.133. The van der Waals surface area contributed by atoms with Crippen molar-refractivity contribution in [1.82, 2.24) is 14.2 Å². The molecular weight excluding hydrogens is 366 g/mol. The van der Waals surface area contributed by atoms with Crippen LogP contribution in [0.25, 0.3) is 0 Å². The number of pyridine rings is 1. The molecule has 0 spiro atoms. The summed E-state index contributed by atoms with van der Waals surface area (Å²) in [6.07, 6.45) is 2.77. The normalized spacial score (nSPS) is 12.6. The maximum Gasteiger partial charge on any atom is 0.244 e. The van der Waals surface area contributed by atoms with Gasteiger partial charge in [-0.3, -0.25) is 9.78 Å². The Balaban J connectivity index is 2.16. The third-order valence-corrected chi connectivity index (χ3v) is 6.19. The summed E-state index contributed by atoms with van der Waals surface area (Å²) in [5.74, 6) is 0.432. The summed E-state index contributed by atoms with van der Waals surface area (Å²) >= 11 is 0. The minimum Gasteiger partial charge on any atom is -0.497 e. The fourth-order valence-corrected chi connectivity index (χ4v) is 3.88. The topological polar surface area (TPSA) is 79.8 Å². The fourth-order valence-electron chi connectivity index (χ4n) is 2.79. The molecule has 0 aliphatic carbocycles. The molecule has 27 heavy (non-hydrogen) atoms. The van der Waals surface area contributed by atoms with Gasteiger partial charge in [0.15, 0.2) is 0 Å². The Morgan fingerprint density at radius 2 is 2.00 bits per heavy atom. The van der Waals surface area contributed by atoms with Gasteiger partial charge < -0.3 is 9.64 Å². The second-order valence-electron chi connectivity index (χ2n) is 6.08. The number of carbonyl (C=O) groups excluding carboxylic acids is 1. The quantitative estimate of drug-likeness (QED) is 0.690. The molecule has 1 aromatic heterocycles. The van der Waals surface area contributed by atoms with Crippen LogP contribution in [0, 0.1) is 0 Å². The van der Waals surface area contributed by atoms with Gasteiger partial charge in [0.05, 0.1) is 19.7 Å². The molecule has 0 N–H and O–H groups in total. The number of ether oxygens (including phenoxy) is 1. The molecule has 1 aromatic carbocycles. The Kier molecular flexibility index (Phi) is 6.92. The van der Waals surface area contributed by atoms with Crippen molar-refractivity contribution >= 4 is 15.9 Å². The molecule has 0 saturated heterocycles. The fraction of sp³-hybridized carbons (Fsp3) is 0.368. The van der Waals surface area contributed by atoms with E-state index in [4.69, 9.17) is 4.74 Å². The van der Waals surface area contributed by atoms with Crippen molar-refractivity contribution < 1.29 is 17.9 Å². The van der Waals surface area contributed by atoms with Crippen LogP contribution in [0.2, 0.25) is 0 Å². The zero-order chi connectivity index (χ0) is 20.0. The number of amides is 1. The highest BCUT2D eigenvalue weighted by Gasteiger charge is 2.27. The standard InChI is InChI=1S/C19H25N3O4S/c1-5-22(15(2)16-8-6-9-17(12-16)26-4)19(23)14-21(3)27(24,25)18-10-7-11-20-13-18/h6-13,15H,5,14H2,1-4H3. The Hall–Kier alpha value is -2.45. The highest BCUT2D eigenvalue weighted by atomic mass is 32.2. The Morgan fingerprint density at radius 3 is 2.59 bits per heavy atom. The van der Waals surface area contributed by atoms with Crippen molar-refractivity contribution in [2.75, 3.05) is 27.2 Å². The van der Waals surface area contributed by atoms with Gasteiger partial charge in [0.2, 0.25) is 15.9 Å². The van der Waals surface area contributed by atoms with Gasteiger partial charge in [-0.15, -0.1) is 0 Å². The largest absolute Gasteiger partial charge is 0.497 e. The Bertz CT molecular complexity index is 872. The third kappa shape index (κ3) is 4.84. The molecule has 0 aliphatic rings. The summed E-state index contributed by atoms with van der Waals surface area (Å²) in [5.41, 5.74) is 0.919. The number of hydrogen-bond acceptors (Lipinski definition) is 5. The molecule has 1 heterocycles. The minimum absolute atomic E-state index is 0.0594. The summed E-state index contributed by atoms with van der Waals surface area (Å²) in [4.78, 5) is 18.3. The van der Waals surface area contributed by atoms with Gasteiger partial charge in [-0.1, -0.05) is 12.1 Å². The molecule has 7 nitrogen and oxygen atoms in total. The number of benzene rings is 1. The van der Waals surface area contributed by atoms with Gasteiger partial charge in [0, 0.05) is 26.0 Å². The Labute approximate surface area is 160 Å². The van der Waals surface area contributed by atoms with Crippen LogP contribution in [-0.4, -0.2) is 55.8 Å². The molecule has 2 rings (SSSR count). The van der Waals surface area contributed by atoms with E-state index < -0.39 is 10.0 Å². The highest BCUT2D eigenvalue weighted by molar-refractivity contribution is 7.89. The van der Waals surface area contributed by atoms with E-state index in [1.54, 1.807) is 18.1 Å². The van der Waals surface area contributed by atoms with Crippen LogP contribution in [0.5, 0.6) is 5.75 Å². The smallest absolute Gasteiger partial charge is 0.244 e. The second-order valence-corrected chi connectivity index (χ2v) is 8.13. The zero-order valence-electron chi connectivity index (χ0n) is 16.0. The van der Waals surface area contributed by atoms with E-state index in [-0.39, 0.29) is 23.4 Å². The van der Waals surface area contributed by atoms with E-state index >= 15 is 0 Å². The van der Waals surface area contributed by atoms with Gasteiger partial charge in [-0.25, -0.2) is 8.42 Å². The van der Waals surface area contributed by atoms with E-state index in [1.165, 1.54) is 25.5 Å². The molecule has 0 bridgehead atoms. The van der Waals surface area contributed by atoms with E-state index in [0.29, 0.717) is 12.3 Å². The maximum absolute atomic E-state index is 12.8. The van der Waals surface area contributed by atoms with Crippen LogP contribution in [0.4, 0.5) is 0 Å². The summed E-state index contributed by atoms with van der Waals surface area (Å²) < 4.78 is 31.5. The number of likely N-dealkylation sites (N-methyl/N-ethyl adjacent to an activating group) is 2. The molecule has 1 amide bonds. The van der Waals surface area contributed by atoms with Crippen LogP contribution >= 0.6 is 0 Å². The average Bonchev–Trinajstić information content (AvgIpc) is 2.69. The van der Waals surface area contributed by atoms with Gasteiger partial charge in [0.25, 0.3) is 0 Å². The van der Waals surface area contributed by atoms with Gasteiger partial charge in [-0.05, 0) is 43.7 Å². The first kappa shape index (κ1) is 20.9. The van der Waals surface area contributed by atoms with Gasteiger partial charge >= 0.3 is 0 Å². The molecular formula is C19H25N3O4S. The lowest BCUT2D eigenvalue weighted by atomic mass is 10.1. The third-order valence-electron chi connectivity index (χ3n) is 4.41. The molecule has 2 aromatic rings. The second kappa shape index (κ2) is 8.96. The van der Waals surface area contributed by atoms with Crippen LogP contribution in [0.3, 0.4) is 0 Å². The lowest BCUT2D eigenvalue weighted by Crippen LogP contribution is -2.42. The van der Waals surface area contributed by atoms with Crippen LogP contribution in [0.1, 0.15) is 25.5 Å². The van der Waals surface area contributed by atoms with E-state index in [9.17, 15) is 13.2 Å². The molecule has 0 fully saturated rings. The van der Waals surface area contributed by atoms with E-state index in [0.717, 1.165) is 9.87 Å². The first-order valence-electron chi connectivity index (χ1n) is 8.61. The number of nitrogens with zero attached hydrogens (tertiary/aromatic N) is 3. The number of hydrogen-bond donors (Lipinski definition) is 0. The molecule has 0 saturated carbocycles. The van der Waals surface area contributed by atoms with Crippen molar-refractivity contribution in [3.8, 4) is 5.75 Å². The monoisotopic (exact) mass is 391 g/mol. The summed E-state index contributed by atoms with van der Waals surface area (Å²) in [6.45, 7) is 3.98. The van der Waals surface area contributed by atoms with E-state index in [1.807, 2.05) is 38.1 Å². The molecule has 8 heteroatoms. The number of carbonyl (C=O) groups is 1. The average molecular weight is 391 g/mol. The van der Waals surface area contributed by atoms with E-state index in [2.05, 4.69) is 4.98 Å². The van der Waals surface area contributed by atoms with Crippen molar-refractivity contribution in [2.24, 2.45) is 0 Å². The molecule has 146 valence electrons. The minimum atomic E-state index is -3.77. The number of sulfonamides is 1. The first-order chi connectivity index (χ1) is 12.8. The van der Waals surface area contributed by atoms with Crippen molar-refractivity contribution in [3.05, 3.63) is 54.4 Å². The molecule has 0 aliphatic heterocycles. The number of rotatable bonds is 8. The van der Waals surface area contributed by atoms with Crippen LogP contribution in [-0.2, 0) is 14.8 Å². The van der Waals surface area contributed by atoms with Crippen molar-refractivity contribution in [1.29, 1.82) is 0 Å². The maximum atomic E-state index is 12.8. The van der Waals surface area contributed by atoms with Crippen LogP contribution < -0.4 is 4.74 Å². The van der Waals surface area contributed by atoms with Gasteiger partial charge in [0.1, 0.15) is 10.6 Å². The molecule has 0 radical (unpaired) electrons. The molecule has 1 atom stereocenters. The number of aromatic nitrogens is 1. The summed E-state index contributed by atoms with van der Waals surface area (Å²) in [6, 6.07) is 10.3. The SMILES string of the molecule is CCN(C(=O)CN(C)S(=O)(=O)c1cccnc1)C(C)c1cccc(OC)c1.